The highest BCUT2D eigenvalue weighted by atomic mass is 16.7. The zero-order chi connectivity index (χ0) is 13.1. The van der Waals surface area contributed by atoms with Crippen molar-refractivity contribution in [3.05, 3.63) is 83.6 Å². The van der Waals surface area contributed by atoms with Gasteiger partial charge in [-0.3, -0.25) is 0 Å². The van der Waals surface area contributed by atoms with E-state index in [1.165, 1.54) is 11.1 Å². The number of hydroxylamine groups is 2. The molecule has 0 N–H and O–H groups in total. The molecule has 0 saturated heterocycles. The molecule has 3 rings (SSSR count). The second kappa shape index (κ2) is 5.29. The first-order valence-electron chi connectivity index (χ1n) is 6.55. The predicted molar refractivity (Wildman–Crippen MR) is 76.0 cm³/mol. The Morgan fingerprint density at radius 1 is 0.947 bits per heavy atom. The SMILES string of the molecule is CC1=CC(c2ccccc2)N(Cc2ccccc2)O1. The fraction of sp³-hybridized carbons (Fsp3) is 0.176. The molecule has 0 bridgehead atoms. The summed E-state index contributed by atoms with van der Waals surface area (Å²) >= 11 is 0. The van der Waals surface area contributed by atoms with Crippen LogP contribution in [0.25, 0.3) is 0 Å². The van der Waals surface area contributed by atoms with E-state index in [-0.39, 0.29) is 6.04 Å². The summed E-state index contributed by atoms with van der Waals surface area (Å²) in [5.41, 5.74) is 2.52. The van der Waals surface area contributed by atoms with Crippen molar-refractivity contribution in [1.82, 2.24) is 5.06 Å². The Morgan fingerprint density at radius 2 is 1.58 bits per heavy atom. The van der Waals surface area contributed by atoms with Crippen LogP contribution in [-0.2, 0) is 11.4 Å². The van der Waals surface area contributed by atoms with Crippen LogP contribution < -0.4 is 0 Å². The fourth-order valence-corrected chi connectivity index (χ4v) is 2.38. The molecule has 0 spiro atoms. The van der Waals surface area contributed by atoms with Gasteiger partial charge in [0.05, 0.1) is 12.6 Å². The first-order valence-corrected chi connectivity index (χ1v) is 6.55. The van der Waals surface area contributed by atoms with E-state index >= 15 is 0 Å². The van der Waals surface area contributed by atoms with Gasteiger partial charge in [-0.1, -0.05) is 60.7 Å². The van der Waals surface area contributed by atoms with Crippen LogP contribution >= 0.6 is 0 Å². The number of rotatable bonds is 3. The molecule has 0 aliphatic carbocycles. The third-order valence-corrected chi connectivity index (χ3v) is 3.29. The lowest BCUT2D eigenvalue weighted by atomic mass is 10.1. The minimum atomic E-state index is 0.196. The van der Waals surface area contributed by atoms with E-state index in [1.807, 2.05) is 24.1 Å². The van der Waals surface area contributed by atoms with Gasteiger partial charge >= 0.3 is 0 Å². The molecular formula is C17H17NO. The molecule has 2 aromatic carbocycles. The van der Waals surface area contributed by atoms with Crippen molar-refractivity contribution >= 4 is 0 Å². The van der Waals surface area contributed by atoms with Crippen LogP contribution in [0.3, 0.4) is 0 Å². The zero-order valence-electron chi connectivity index (χ0n) is 11.0. The van der Waals surface area contributed by atoms with E-state index in [1.54, 1.807) is 0 Å². The van der Waals surface area contributed by atoms with Gasteiger partial charge in [-0.05, 0) is 24.1 Å². The molecule has 2 aromatic rings. The van der Waals surface area contributed by atoms with Crippen LogP contribution in [0.1, 0.15) is 24.1 Å². The Hall–Kier alpha value is -2.06. The summed E-state index contributed by atoms with van der Waals surface area (Å²) < 4.78 is 0. The van der Waals surface area contributed by atoms with Crippen molar-refractivity contribution in [2.45, 2.75) is 19.5 Å². The van der Waals surface area contributed by atoms with Crippen molar-refractivity contribution in [2.75, 3.05) is 0 Å². The lowest BCUT2D eigenvalue weighted by Crippen LogP contribution is -2.22. The number of benzene rings is 2. The van der Waals surface area contributed by atoms with E-state index in [2.05, 4.69) is 54.6 Å². The summed E-state index contributed by atoms with van der Waals surface area (Å²) in [5.74, 6) is 0.963. The van der Waals surface area contributed by atoms with Gasteiger partial charge in [0.1, 0.15) is 5.76 Å². The maximum Gasteiger partial charge on any atom is 0.119 e. The third kappa shape index (κ3) is 2.69. The van der Waals surface area contributed by atoms with Gasteiger partial charge in [0.25, 0.3) is 0 Å². The van der Waals surface area contributed by atoms with Crippen molar-refractivity contribution in [2.24, 2.45) is 0 Å². The van der Waals surface area contributed by atoms with E-state index < -0.39 is 0 Å². The molecule has 1 unspecified atom stereocenters. The van der Waals surface area contributed by atoms with Crippen LogP contribution in [0.5, 0.6) is 0 Å². The number of hydrogen-bond donors (Lipinski definition) is 0. The van der Waals surface area contributed by atoms with E-state index in [0.717, 1.165) is 12.3 Å². The Labute approximate surface area is 113 Å². The molecular weight excluding hydrogens is 234 g/mol. The van der Waals surface area contributed by atoms with Gasteiger partial charge in [0.2, 0.25) is 0 Å². The van der Waals surface area contributed by atoms with Gasteiger partial charge in [-0.2, -0.15) is 0 Å². The Balaban J connectivity index is 1.82. The van der Waals surface area contributed by atoms with Gasteiger partial charge in [-0.25, -0.2) is 0 Å². The quantitative estimate of drug-likeness (QED) is 0.815. The molecule has 19 heavy (non-hydrogen) atoms. The van der Waals surface area contributed by atoms with Crippen LogP contribution in [-0.4, -0.2) is 5.06 Å². The monoisotopic (exact) mass is 251 g/mol. The largest absolute Gasteiger partial charge is 0.410 e. The number of allylic oxidation sites excluding steroid dienone is 1. The number of nitrogens with zero attached hydrogens (tertiary/aromatic N) is 1. The highest BCUT2D eigenvalue weighted by Crippen LogP contribution is 2.32. The van der Waals surface area contributed by atoms with Crippen molar-refractivity contribution in [1.29, 1.82) is 0 Å². The Bertz CT molecular complexity index is 562. The lowest BCUT2D eigenvalue weighted by Gasteiger charge is -2.23. The normalized spacial score (nSPS) is 19.0. The smallest absolute Gasteiger partial charge is 0.119 e. The van der Waals surface area contributed by atoms with Crippen LogP contribution in [0.4, 0.5) is 0 Å². The minimum Gasteiger partial charge on any atom is -0.410 e. The Kier molecular flexibility index (Phi) is 3.34. The highest BCUT2D eigenvalue weighted by molar-refractivity contribution is 5.25. The molecule has 1 aliphatic rings. The van der Waals surface area contributed by atoms with Crippen molar-refractivity contribution in [3.8, 4) is 0 Å². The minimum absolute atomic E-state index is 0.196. The molecule has 0 aromatic heterocycles. The molecule has 96 valence electrons. The average molecular weight is 251 g/mol. The first kappa shape index (κ1) is 12.0. The molecule has 1 heterocycles. The zero-order valence-corrected chi connectivity index (χ0v) is 11.0. The summed E-state index contributed by atoms with van der Waals surface area (Å²) in [6.07, 6.45) is 2.16. The van der Waals surface area contributed by atoms with Gasteiger partial charge in [0, 0.05) is 0 Å². The molecule has 1 aliphatic heterocycles. The summed E-state index contributed by atoms with van der Waals surface area (Å²) in [5, 5.41) is 2.03. The standard InChI is InChI=1S/C17H17NO/c1-14-12-17(16-10-6-3-7-11-16)18(19-14)13-15-8-4-2-5-9-15/h2-12,17H,13H2,1H3. The second-order valence-corrected chi connectivity index (χ2v) is 4.78. The highest BCUT2D eigenvalue weighted by Gasteiger charge is 2.26. The maximum atomic E-state index is 5.83. The fourth-order valence-electron chi connectivity index (χ4n) is 2.38. The van der Waals surface area contributed by atoms with Crippen molar-refractivity contribution in [3.63, 3.8) is 0 Å². The van der Waals surface area contributed by atoms with Gasteiger partial charge < -0.3 is 4.84 Å². The third-order valence-electron chi connectivity index (χ3n) is 3.29. The molecule has 0 amide bonds. The summed E-state index contributed by atoms with van der Waals surface area (Å²) in [4.78, 5) is 5.83. The second-order valence-electron chi connectivity index (χ2n) is 4.78. The number of hydrogen-bond acceptors (Lipinski definition) is 2. The van der Waals surface area contributed by atoms with E-state index in [0.29, 0.717) is 0 Å². The van der Waals surface area contributed by atoms with Crippen LogP contribution in [0, 0.1) is 0 Å². The van der Waals surface area contributed by atoms with Gasteiger partial charge in [-0.15, -0.1) is 5.06 Å². The predicted octanol–water partition coefficient (Wildman–Crippen LogP) is 4.08. The molecule has 2 heteroatoms. The summed E-state index contributed by atoms with van der Waals surface area (Å²) in [6, 6.07) is 21.0. The topological polar surface area (TPSA) is 12.5 Å². The Morgan fingerprint density at radius 3 is 2.26 bits per heavy atom. The summed E-state index contributed by atoms with van der Waals surface area (Å²) in [6.45, 7) is 2.79. The lowest BCUT2D eigenvalue weighted by molar-refractivity contribution is -0.126. The molecule has 0 saturated carbocycles. The van der Waals surface area contributed by atoms with E-state index in [4.69, 9.17) is 4.84 Å². The van der Waals surface area contributed by atoms with Gasteiger partial charge in [0.15, 0.2) is 0 Å². The van der Waals surface area contributed by atoms with Crippen LogP contribution in [0.2, 0.25) is 0 Å². The van der Waals surface area contributed by atoms with Crippen LogP contribution in [0.15, 0.2) is 72.5 Å². The molecule has 1 atom stereocenters. The van der Waals surface area contributed by atoms with E-state index in [9.17, 15) is 0 Å². The van der Waals surface area contributed by atoms with Crippen molar-refractivity contribution < 1.29 is 4.84 Å². The average Bonchev–Trinajstić information content (AvgIpc) is 2.82. The first-order chi connectivity index (χ1) is 9.33. The molecule has 2 nitrogen and oxygen atoms in total. The maximum absolute atomic E-state index is 5.83. The summed E-state index contributed by atoms with van der Waals surface area (Å²) in [7, 11) is 0. The molecule has 0 fully saturated rings. The molecule has 0 radical (unpaired) electrons.